The summed E-state index contributed by atoms with van der Waals surface area (Å²) in [5.41, 5.74) is 9.24. The summed E-state index contributed by atoms with van der Waals surface area (Å²) in [6.07, 6.45) is 5.30. The number of nitrogens with zero attached hydrogens (tertiary/aromatic N) is 4. The van der Waals surface area contributed by atoms with E-state index in [1.165, 1.54) is 12.1 Å². The van der Waals surface area contributed by atoms with Crippen molar-refractivity contribution in [1.82, 2.24) is 19.4 Å². The first-order valence-corrected chi connectivity index (χ1v) is 8.22. The third-order valence-corrected chi connectivity index (χ3v) is 4.72. The minimum absolute atomic E-state index is 0.265. The predicted molar refractivity (Wildman–Crippen MR) is 98.7 cm³/mol. The molecule has 4 rings (SSSR count). The van der Waals surface area contributed by atoms with Crippen molar-refractivity contribution in [3.63, 3.8) is 0 Å². The Balaban J connectivity index is 1.88. The van der Waals surface area contributed by atoms with Gasteiger partial charge in [0.1, 0.15) is 21.0 Å². The second kappa shape index (κ2) is 5.82. The molecule has 0 bridgehead atoms. The van der Waals surface area contributed by atoms with Crippen molar-refractivity contribution >= 4 is 34.2 Å². The van der Waals surface area contributed by atoms with Crippen LogP contribution in [0.15, 0.2) is 55.0 Å². The monoisotopic (exact) mass is 431 g/mol. The highest BCUT2D eigenvalue weighted by Gasteiger charge is 2.15. The molecule has 0 aliphatic heterocycles. The summed E-state index contributed by atoms with van der Waals surface area (Å²) in [6.45, 7) is 0. The van der Waals surface area contributed by atoms with Crippen molar-refractivity contribution in [1.29, 1.82) is 0 Å². The predicted octanol–water partition coefficient (Wildman–Crippen LogP) is 3.78. The normalized spacial score (nSPS) is 11.1. The Morgan fingerprint density at radius 2 is 1.83 bits per heavy atom. The van der Waals surface area contributed by atoms with Gasteiger partial charge in [0.15, 0.2) is 0 Å². The van der Waals surface area contributed by atoms with Gasteiger partial charge < -0.3 is 5.73 Å². The van der Waals surface area contributed by atoms with Crippen LogP contribution in [-0.2, 0) is 0 Å². The number of pyridine rings is 1. The first kappa shape index (κ1) is 15.0. The molecule has 0 spiro atoms. The molecule has 24 heavy (non-hydrogen) atoms. The molecule has 0 aliphatic rings. The van der Waals surface area contributed by atoms with Crippen LogP contribution in [0.5, 0.6) is 0 Å². The highest BCUT2D eigenvalue weighted by molar-refractivity contribution is 14.1. The second-order valence-electron chi connectivity index (χ2n) is 5.21. The molecular weight excluding hydrogens is 420 g/mol. The molecule has 3 aromatic heterocycles. The van der Waals surface area contributed by atoms with E-state index in [1.54, 1.807) is 24.5 Å². The maximum atomic E-state index is 13.1. The number of halogens is 2. The van der Waals surface area contributed by atoms with Gasteiger partial charge in [0.25, 0.3) is 0 Å². The Morgan fingerprint density at radius 3 is 2.58 bits per heavy atom. The minimum Gasteiger partial charge on any atom is -0.383 e. The number of nitrogen functional groups attached to an aromatic ring is 1. The van der Waals surface area contributed by atoms with E-state index < -0.39 is 0 Å². The third kappa shape index (κ3) is 2.50. The summed E-state index contributed by atoms with van der Waals surface area (Å²) < 4.78 is 15.9. The molecule has 0 saturated carbocycles. The first-order chi connectivity index (χ1) is 11.6. The fraction of sp³-hybridized carbons (Fsp3) is 0. The summed E-state index contributed by atoms with van der Waals surface area (Å²) in [6, 6.07) is 10.0. The van der Waals surface area contributed by atoms with Gasteiger partial charge in [-0.2, -0.15) is 0 Å². The lowest BCUT2D eigenvalue weighted by molar-refractivity contribution is 0.628. The van der Waals surface area contributed by atoms with E-state index in [0.717, 1.165) is 26.1 Å². The smallest absolute Gasteiger partial charge is 0.235 e. The van der Waals surface area contributed by atoms with Crippen LogP contribution in [0.1, 0.15) is 0 Å². The van der Waals surface area contributed by atoms with Gasteiger partial charge in [-0.15, -0.1) is 0 Å². The van der Waals surface area contributed by atoms with Crippen molar-refractivity contribution in [2.75, 3.05) is 5.73 Å². The SMILES string of the molecule is Nc1ncccc1-c1nc2ncc(-c3ccc(F)cc3)cn2c1I. The number of fused-ring (bicyclic) bond motifs is 1. The average molecular weight is 431 g/mol. The van der Waals surface area contributed by atoms with Crippen molar-refractivity contribution in [2.24, 2.45) is 0 Å². The summed E-state index contributed by atoms with van der Waals surface area (Å²) >= 11 is 2.21. The molecule has 5 nitrogen and oxygen atoms in total. The zero-order valence-corrected chi connectivity index (χ0v) is 14.5. The molecule has 4 aromatic rings. The first-order valence-electron chi connectivity index (χ1n) is 7.14. The van der Waals surface area contributed by atoms with Crippen molar-refractivity contribution < 1.29 is 4.39 Å². The zero-order chi connectivity index (χ0) is 16.7. The molecule has 2 N–H and O–H groups in total. The van der Waals surface area contributed by atoms with Crippen molar-refractivity contribution in [3.05, 3.63) is 64.5 Å². The zero-order valence-electron chi connectivity index (χ0n) is 12.3. The number of hydrogen-bond acceptors (Lipinski definition) is 4. The fourth-order valence-electron chi connectivity index (χ4n) is 2.49. The van der Waals surface area contributed by atoms with Gasteiger partial charge in [-0.05, 0) is 52.4 Å². The molecule has 1 aromatic carbocycles. The molecule has 7 heteroatoms. The summed E-state index contributed by atoms with van der Waals surface area (Å²) in [5, 5.41) is 0. The van der Waals surface area contributed by atoms with Gasteiger partial charge in [0, 0.05) is 29.7 Å². The van der Waals surface area contributed by atoms with Crippen molar-refractivity contribution in [3.8, 4) is 22.4 Å². The minimum atomic E-state index is -0.265. The largest absolute Gasteiger partial charge is 0.383 e. The van der Waals surface area contributed by atoms with Gasteiger partial charge in [-0.25, -0.2) is 19.3 Å². The lowest BCUT2D eigenvalue weighted by Gasteiger charge is -2.03. The Hall–Kier alpha value is -2.55. The van der Waals surface area contributed by atoms with Gasteiger partial charge in [-0.3, -0.25) is 4.40 Å². The Morgan fingerprint density at radius 1 is 1.04 bits per heavy atom. The van der Waals surface area contributed by atoms with Crippen molar-refractivity contribution in [2.45, 2.75) is 0 Å². The number of benzene rings is 1. The number of rotatable bonds is 2. The highest BCUT2D eigenvalue weighted by Crippen LogP contribution is 2.29. The van der Waals surface area contributed by atoms with E-state index in [2.05, 4.69) is 37.5 Å². The molecular formula is C17H11FIN5. The molecule has 118 valence electrons. The highest BCUT2D eigenvalue weighted by atomic mass is 127. The van der Waals surface area contributed by atoms with E-state index >= 15 is 0 Å². The van der Waals surface area contributed by atoms with Crippen LogP contribution in [0.3, 0.4) is 0 Å². The van der Waals surface area contributed by atoms with Crippen LogP contribution in [0.2, 0.25) is 0 Å². The maximum Gasteiger partial charge on any atom is 0.235 e. The van der Waals surface area contributed by atoms with Gasteiger partial charge >= 0.3 is 0 Å². The lowest BCUT2D eigenvalue weighted by Crippen LogP contribution is -1.95. The molecule has 0 aliphatic carbocycles. The van der Waals surface area contributed by atoms with E-state index in [0.29, 0.717) is 11.6 Å². The molecule has 0 unspecified atom stereocenters. The van der Waals surface area contributed by atoms with Crippen LogP contribution in [0.4, 0.5) is 10.2 Å². The van der Waals surface area contributed by atoms with E-state index in [1.807, 2.05) is 22.7 Å². The molecule has 0 atom stereocenters. The van der Waals surface area contributed by atoms with Gasteiger partial charge in [0.05, 0.1) is 0 Å². The van der Waals surface area contributed by atoms with Crippen LogP contribution in [-0.4, -0.2) is 19.4 Å². The molecule has 0 fully saturated rings. The molecule has 3 heterocycles. The molecule has 0 amide bonds. The number of imidazole rings is 1. The number of hydrogen-bond donors (Lipinski definition) is 1. The Bertz CT molecular complexity index is 1040. The molecule has 0 radical (unpaired) electrons. The van der Waals surface area contributed by atoms with E-state index in [4.69, 9.17) is 5.73 Å². The van der Waals surface area contributed by atoms with Crippen LogP contribution in [0, 0.1) is 9.52 Å². The topological polar surface area (TPSA) is 69.1 Å². The Labute approximate surface area is 150 Å². The van der Waals surface area contributed by atoms with Gasteiger partial charge in [0.2, 0.25) is 5.78 Å². The third-order valence-electron chi connectivity index (χ3n) is 3.69. The summed E-state index contributed by atoms with van der Waals surface area (Å²) in [7, 11) is 0. The van der Waals surface area contributed by atoms with Crippen LogP contribution >= 0.6 is 22.6 Å². The average Bonchev–Trinajstić information content (AvgIpc) is 2.92. The standard InChI is InChI=1S/C17H11FIN5/c18-12-5-3-10(4-6-12)11-8-22-17-23-14(15(19)24(17)9-11)13-2-1-7-21-16(13)20/h1-9H,(H2,20,21). The quantitative estimate of drug-likeness (QED) is 0.491. The summed E-state index contributed by atoms with van der Waals surface area (Å²) in [4.78, 5) is 13.1. The molecule has 0 saturated heterocycles. The Kier molecular flexibility index (Phi) is 3.64. The maximum absolute atomic E-state index is 13.1. The van der Waals surface area contributed by atoms with E-state index in [9.17, 15) is 4.39 Å². The van der Waals surface area contributed by atoms with Crippen LogP contribution in [0.25, 0.3) is 28.2 Å². The number of anilines is 1. The van der Waals surface area contributed by atoms with E-state index in [-0.39, 0.29) is 5.82 Å². The number of aromatic nitrogens is 4. The lowest BCUT2D eigenvalue weighted by atomic mass is 10.1. The number of nitrogens with two attached hydrogens (primary N) is 1. The second-order valence-corrected chi connectivity index (χ2v) is 6.23. The van der Waals surface area contributed by atoms with Crippen LogP contribution < -0.4 is 5.73 Å². The van der Waals surface area contributed by atoms with Gasteiger partial charge in [-0.1, -0.05) is 12.1 Å². The summed E-state index contributed by atoms with van der Waals surface area (Å²) in [5.74, 6) is 0.737. The fourth-order valence-corrected chi connectivity index (χ4v) is 3.25.